The van der Waals surface area contributed by atoms with Gasteiger partial charge in [0, 0.05) is 22.2 Å². The van der Waals surface area contributed by atoms with Crippen molar-refractivity contribution in [1.82, 2.24) is 0 Å². The molecule has 2 aromatic carbocycles. The van der Waals surface area contributed by atoms with Gasteiger partial charge in [-0.3, -0.25) is 0 Å². The van der Waals surface area contributed by atoms with Crippen molar-refractivity contribution in [2.75, 3.05) is 0 Å². The molecule has 3 aromatic rings. The second kappa shape index (κ2) is 7.24. The van der Waals surface area contributed by atoms with E-state index in [4.69, 9.17) is 44.0 Å². The summed E-state index contributed by atoms with van der Waals surface area (Å²) in [6.45, 7) is 0. The van der Waals surface area contributed by atoms with E-state index in [-0.39, 0.29) is 11.6 Å². The summed E-state index contributed by atoms with van der Waals surface area (Å²) in [4.78, 5) is 16.3. The van der Waals surface area contributed by atoms with Crippen molar-refractivity contribution in [2.24, 2.45) is 4.99 Å². The van der Waals surface area contributed by atoms with Crippen LogP contribution in [0.1, 0.15) is 11.3 Å². The number of carbonyl (C=O) groups excluding carboxylic acids is 1. The average Bonchev–Trinajstić information content (AvgIpc) is 3.25. The number of esters is 1. The van der Waals surface area contributed by atoms with Gasteiger partial charge in [0.15, 0.2) is 5.70 Å². The third-order valence-electron chi connectivity index (χ3n) is 3.80. The molecule has 0 bridgehead atoms. The Kier molecular flexibility index (Phi) is 4.79. The summed E-state index contributed by atoms with van der Waals surface area (Å²) in [6.07, 6.45) is 1.51. The molecule has 0 N–H and O–H groups in total. The first-order chi connectivity index (χ1) is 13.0. The molecule has 4 nitrogen and oxygen atoms in total. The van der Waals surface area contributed by atoms with Crippen LogP contribution in [0, 0.1) is 0 Å². The van der Waals surface area contributed by atoms with Crippen LogP contribution in [0.2, 0.25) is 15.1 Å². The Morgan fingerprint density at radius 3 is 2.52 bits per heavy atom. The van der Waals surface area contributed by atoms with Gasteiger partial charge in [0.1, 0.15) is 11.5 Å². The van der Waals surface area contributed by atoms with E-state index in [2.05, 4.69) is 4.99 Å². The molecule has 7 heteroatoms. The lowest BCUT2D eigenvalue weighted by Crippen LogP contribution is -2.05. The van der Waals surface area contributed by atoms with Gasteiger partial charge in [0.25, 0.3) is 0 Å². The third kappa shape index (κ3) is 3.78. The lowest BCUT2D eigenvalue weighted by Gasteiger charge is -2.01. The number of rotatable bonds is 3. The van der Waals surface area contributed by atoms with E-state index in [1.807, 2.05) is 12.1 Å². The molecule has 0 unspecified atom stereocenters. The van der Waals surface area contributed by atoms with Crippen molar-refractivity contribution in [3.8, 4) is 11.3 Å². The first-order valence-electron chi connectivity index (χ1n) is 7.83. The number of hydrogen-bond donors (Lipinski definition) is 0. The molecular formula is C20H10Cl3NO3. The maximum Gasteiger partial charge on any atom is 0.363 e. The Bertz CT molecular complexity index is 1120. The number of benzene rings is 2. The van der Waals surface area contributed by atoms with Crippen molar-refractivity contribution < 1.29 is 13.9 Å². The van der Waals surface area contributed by atoms with Crippen LogP contribution in [0.3, 0.4) is 0 Å². The second-order valence-electron chi connectivity index (χ2n) is 5.68. The Morgan fingerprint density at radius 1 is 0.889 bits per heavy atom. The minimum Gasteiger partial charge on any atom is -0.457 e. The fraction of sp³-hybridized carbons (Fsp3) is 0. The minimum atomic E-state index is -0.572. The van der Waals surface area contributed by atoms with Gasteiger partial charge >= 0.3 is 5.97 Å². The quantitative estimate of drug-likeness (QED) is 0.373. The Morgan fingerprint density at radius 2 is 1.74 bits per heavy atom. The predicted octanol–water partition coefficient (Wildman–Crippen LogP) is 6.25. The molecule has 4 rings (SSSR count). The number of hydrogen-bond acceptors (Lipinski definition) is 4. The van der Waals surface area contributed by atoms with E-state index < -0.39 is 5.97 Å². The van der Waals surface area contributed by atoms with Crippen LogP contribution in [0.5, 0.6) is 0 Å². The smallest absolute Gasteiger partial charge is 0.363 e. The second-order valence-corrected chi connectivity index (χ2v) is 6.93. The van der Waals surface area contributed by atoms with Gasteiger partial charge in [-0.1, -0.05) is 46.9 Å². The number of nitrogens with zero attached hydrogens (tertiary/aromatic N) is 1. The van der Waals surface area contributed by atoms with E-state index in [0.717, 1.165) is 5.56 Å². The Hall–Kier alpha value is -2.53. The zero-order valence-electron chi connectivity index (χ0n) is 13.6. The molecule has 0 saturated heterocycles. The monoisotopic (exact) mass is 417 g/mol. The number of furan rings is 1. The van der Waals surface area contributed by atoms with Crippen LogP contribution < -0.4 is 0 Å². The molecule has 27 heavy (non-hydrogen) atoms. The summed E-state index contributed by atoms with van der Waals surface area (Å²) in [5.74, 6) is 0.684. The Balaban J connectivity index is 1.63. The fourth-order valence-electron chi connectivity index (χ4n) is 2.52. The molecule has 0 aliphatic carbocycles. The van der Waals surface area contributed by atoms with Crippen LogP contribution in [0.25, 0.3) is 17.4 Å². The lowest BCUT2D eigenvalue weighted by atomic mass is 10.2. The molecule has 0 fully saturated rings. The summed E-state index contributed by atoms with van der Waals surface area (Å²) >= 11 is 17.9. The number of carbonyl (C=O) groups is 1. The van der Waals surface area contributed by atoms with Gasteiger partial charge in [-0.05, 0) is 42.5 Å². The van der Waals surface area contributed by atoms with Gasteiger partial charge < -0.3 is 9.15 Å². The topological polar surface area (TPSA) is 51.8 Å². The molecule has 0 saturated carbocycles. The van der Waals surface area contributed by atoms with E-state index >= 15 is 0 Å². The Labute approximate surface area is 169 Å². The number of aliphatic imine (C=N–C) groups is 1. The summed E-state index contributed by atoms with van der Waals surface area (Å²) in [5, 5.41) is 1.37. The van der Waals surface area contributed by atoms with Gasteiger partial charge in [-0.25, -0.2) is 9.79 Å². The van der Waals surface area contributed by atoms with Gasteiger partial charge in [0.2, 0.25) is 5.90 Å². The number of ether oxygens (including phenoxy) is 1. The van der Waals surface area contributed by atoms with Crippen LogP contribution in [0.4, 0.5) is 0 Å². The van der Waals surface area contributed by atoms with Crippen LogP contribution in [0.15, 0.2) is 69.7 Å². The highest BCUT2D eigenvalue weighted by molar-refractivity contribution is 6.42. The fourth-order valence-corrected chi connectivity index (χ4v) is 3.01. The van der Waals surface area contributed by atoms with E-state index in [1.54, 1.807) is 42.5 Å². The maximum atomic E-state index is 12.1. The summed E-state index contributed by atoms with van der Waals surface area (Å²) < 4.78 is 11.0. The van der Waals surface area contributed by atoms with Crippen molar-refractivity contribution in [2.45, 2.75) is 0 Å². The highest BCUT2D eigenvalue weighted by Crippen LogP contribution is 2.28. The summed E-state index contributed by atoms with van der Waals surface area (Å²) in [7, 11) is 0. The first-order valence-corrected chi connectivity index (χ1v) is 8.97. The minimum absolute atomic E-state index is 0.128. The molecule has 0 radical (unpaired) electrons. The van der Waals surface area contributed by atoms with Gasteiger partial charge in [0.05, 0.1) is 10.0 Å². The predicted molar refractivity (Wildman–Crippen MR) is 106 cm³/mol. The zero-order chi connectivity index (χ0) is 19.0. The molecule has 1 aromatic heterocycles. The molecule has 0 amide bonds. The maximum absolute atomic E-state index is 12.1. The van der Waals surface area contributed by atoms with Crippen molar-refractivity contribution in [3.63, 3.8) is 0 Å². The summed E-state index contributed by atoms with van der Waals surface area (Å²) in [6, 6.07) is 15.7. The van der Waals surface area contributed by atoms with E-state index in [0.29, 0.717) is 32.2 Å². The molecule has 0 spiro atoms. The summed E-state index contributed by atoms with van der Waals surface area (Å²) in [5.41, 5.74) is 1.52. The highest BCUT2D eigenvalue weighted by Gasteiger charge is 2.25. The lowest BCUT2D eigenvalue weighted by molar-refractivity contribution is -0.129. The molecular weight excluding hydrogens is 409 g/mol. The first kappa shape index (κ1) is 17.9. The normalized spacial score (nSPS) is 15.1. The number of cyclic esters (lactones) is 1. The average molecular weight is 419 g/mol. The molecule has 0 atom stereocenters. The standard InChI is InChI=1S/C20H10Cl3NO3/c21-13-3-1-2-11(8-13)18-7-5-14(26-18)10-17-20(25)27-19(24-17)12-4-6-15(22)16(23)9-12/h1-10H/b17-10-. The zero-order valence-corrected chi connectivity index (χ0v) is 15.8. The molecule has 134 valence electrons. The van der Waals surface area contributed by atoms with E-state index in [1.165, 1.54) is 6.08 Å². The van der Waals surface area contributed by atoms with Crippen molar-refractivity contribution in [3.05, 3.63) is 86.7 Å². The van der Waals surface area contributed by atoms with E-state index in [9.17, 15) is 4.79 Å². The van der Waals surface area contributed by atoms with Crippen LogP contribution in [-0.2, 0) is 9.53 Å². The van der Waals surface area contributed by atoms with Crippen molar-refractivity contribution >= 4 is 52.7 Å². The number of halogens is 3. The molecule has 1 aliphatic heterocycles. The highest BCUT2D eigenvalue weighted by atomic mass is 35.5. The SMILES string of the molecule is O=C1OC(c2ccc(Cl)c(Cl)c2)=N/C1=C\c1ccc(-c2cccc(Cl)c2)o1. The van der Waals surface area contributed by atoms with Crippen LogP contribution >= 0.6 is 34.8 Å². The third-order valence-corrected chi connectivity index (χ3v) is 4.78. The largest absolute Gasteiger partial charge is 0.457 e. The molecule has 2 heterocycles. The van der Waals surface area contributed by atoms with Crippen molar-refractivity contribution in [1.29, 1.82) is 0 Å². The van der Waals surface area contributed by atoms with Gasteiger partial charge in [-0.2, -0.15) is 0 Å². The van der Waals surface area contributed by atoms with Gasteiger partial charge in [-0.15, -0.1) is 0 Å². The van der Waals surface area contributed by atoms with Crippen LogP contribution in [-0.4, -0.2) is 11.9 Å². The molecule has 1 aliphatic rings.